The average Bonchev–Trinajstić information content (AvgIpc) is 2.88. The Morgan fingerprint density at radius 2 is 2.13 bits per heavy atom. The fraction of sp³-hybridized carbons (Fsp3) is 0.684. The molecule has 4 heteroatoms. The van der Waals surface area contributed by atoms with Crippen molar-refractivity contribution in [3.8, 4) is 5.75 Å². The molecule has 1 aromatic carbocycles. The third kappa shape index (κ3) is 4.69. The number of benzene rings is 1. The van der Waals surface area contributed by atoms with Crippen LogP contribution in [-0.2, 0) is 11.3 Å². The van der Waals surface area contributed by atoms with Crippen molar-refractivity contribution in [2.75, 3.05) is 33.4 Å². The van der Waals surface area contributed by atoms with E-state index in [0.29, 0.717) is 25.3 Å². The van der Waals surface area contributed by atoms with Gasteiger partial charge in [-0.3, -0.25) is 4.90 Å². The molecule has 2 atom stereocenters. The third-order valence-electron chi connectivity index (χ3n) is 5.08. The Kier molecular flexibility index (Phi) is 6.31. The van der Waals surface area contributed by atoms with Gasteiger partial charge in [0.1, 0.15) is 12.4 Å². The maximum atomic E-state index is 5.74. The molecule has 0 spiro atoms. The number of fused-ring (bicyclic) bond motifs is 1. The molecule has 0 aromatic heterocycles. The lowest BCUT2D eigenvalue weighted by molar-refractivity contribution is 0.146. The van der Waals surface area contributed by atoms with Crippen LogP contribution in [0.2, 0.25) is 0 Å². The Hall–Kier alpha value is -1.10. The number of nitrogens with one attached hydrogen (secondary N) is 1. The molecule has 2 aliphatic rings. The first-order chi connectivity index (χ1) is 11.4. The third-order valence-corrected chi connectivity index (χ3v) is 5.08. The van der Waals surface area contributed by atoms with Gasteiger partial charge < -0.3 is 14.8 Å². The second-order valence-electron chi connectivity index (χ2n) is 6.73. The van der Waals surface area contributed by atoms with Crippen molar-refractivity contribution in [2.45, 2.75) is 50.7 Å². The van der Waals surface area contributed by atoms with Crippen LogP contribution in [0.25, 0.3) is 0 Å². The minimum absolute atomic E-state index is 0.609. The summed E-state index contributed by atoms with van der Waals surface area (Å²) >= 11 is 0. The maximum absolute atomic E-state index is 5.74. The monoisotopic (exact) mass is 318 g/mol. The number of methoxy groups -OCH3 is 1. The van der Waals surface area contributed by atoms with Crippen molar-refractivity contribution < 1.29 is 9.47 Å². The minimum atomic E-state index is 0.609. The van der Waals surface area contributed by atoms with Crippen LogP contribution < -0.4 is 10.1 Å². The van der Waals surface area contributed by atoms with E-state index >= 15 is 0 Å². The normalized spacial score (nSPS) is 25.6. The van der Waals surface area contributed by atoms with Gasteiger partial charge in [0.25, 0.3) is 0 Å². The molecule has 4 nitrogen and oxygen atoms in total. The summed E-state index contributed by atoms with van der Waals surface area (Å²) in [4.78, 5) is 2.66. The molecule has 2 aliphatic heterocycles. The highest BCUT2D eigenvalue weighted by atomic mass is 16.5. The molecule has 23 heavy (non-hydrogen) atoms. The zero-order chi connectivity index (χ0) is 15.9. The lowest BCUT2D eigenvalue weighted by Gasteiger charge is -2.30. The molecule has 0 amide bonds. The second-order valence-corrected chi connectivity index (χ2v) is 6.73. The van der Waals surface area contributed by atoms with E-state index in [2.05, 4.69) is 28.4 Å². The van der Waals surface area contributed by atoms with Crippen molar-refractivity contribution in [2.24, 2.45) is 0 Å². The van der Waals surface area contributed by atoms with Gasteiger partial charge in [-0.05, 0) is 43.5 Å². The molecular weight excluding hydrogens is 288 g/mol. The Bertz CT molecular complexity index is 480. The number of nitrogens with zero attached hydrogens (tertiary/aromatic N) is 1. The molecule has 1 N–H and O–H groups in total. The summed E-state index contributed by atoms with van der Waals surface area (Å²) in [6.45, 7) is 4.67. The molecule has 0 radical (unpaired) electrons. The predicted octanol–water partition coefficient (Wildman–Crippen LogP) is 2.82. The van der Waals surface area contributed by atoms with Crippen LogP contribution in [0.1, 0.15) is 37.7 Å². The fourth-order valence-electron chi connectivity index (χ4n) is 3.89. The van der Waals surface area contributed by atoms with E-state index in [-0.39, 0.29) is 0 Å². The Labute approximate surface area is 140 Å². The van der Waals surface area contributed by atoms with Crippen molar-refractivity contribution in [3.05, 3.63) is 29.8 Å². The molecule has 2 saturated heterocycles. The first kappa shape index (κ1) is 16.7. The summed E-state index contributed by atoms with van der Waals surface area (Å²) in [6, 6.07) is 9.92. The van der Waals surface area contributed by atoms with Gasteiger partial charge in [-0.2, -0.15) is 0 Å². The Morgan fingerprint density at radius 3 is 3.04 bits per heavy atom. The number of rotatable bonds is 6. The molecule has 0 unspecified atom stereocenters. The average molecular weight is 318 g/mol. The number of ether oxygens (including phenoxy) is 2. The van der Waals surface area contributed by atoms with Crippen LogP contribution in [-0.4, -0.2) is 50.4 Å². The maximum Gasteiger partial charge on any atom is 0.119 e. The zero-order valence-corrected chi connectivity index (χ0v) is 14.3. The van der Waals surface area contributed by atoms with E-state index < -0.39 is 0 Å². The largest absolute Gasteiger partial charge is 0.491 e. The SMILES string of the molecule is COCCOc1cccc(CN2CC[C@@H]3NCCCCC[C@H]32)c1. The summed E-state index contributed by atoms with van der Waals surface area (Å²) in [6.07, 6.45) is 6.70. The first-order valence-corrected chi connectivity index (χ1v) is 9.05. The highest BCUT2D eigenvalue weighted by Crippen LogP contribution is 2.27. The number of likely N-dealkylation sites (tertiary alicyclic amines) is 1. The summed E-state index contributed by atoms with van der Waals surface area (Å²) in [5.41, 5.74) is 1.35. The van der Waals surface area contributed by atoms with Crippen LogP contribution in [0, 0.1) is 0 Å². The number of hydrogen-bond donors (Lipinski definition) is 1. The summed E-state index contributed by atoms with van der Waals surface area (Å²) in [5, 5.41) is 3.76. The Morgan fingerprint density at radius 1 is 1.17 bits per heavy atom. The lowest BCUT2D eigenvalue weighted by Crippen LogP contribution is -2.43. The summed E-state index contributed by atoms with van der Waals surface area (Å²) < 4.78 is 10.8. The molecular formula is C19H30N2O2. The van der Waals surface area contributed by atoms with Crippen LogP contribution in [0.4, 0.5) is 0 Å². The van der Waals surface area contributed by atoms with Gasteiger partial charge in [0.2, 0.25) is 0 Å². The van der Waals surface area contributed by atoms with Gasteiger partial charge in [0.05, 0.1) is 6.61 Å². The second kappa shape index (κ2) is 8.67. The first-order valence-electron chi connectivity index (χ1n) is 9.05. The van der Waals surface area contributed by atoms with E-state index in [1.54, 1.807) is 7.11 Å². The molecule has 0 bridgehead atoms. The highest BCUT2D eigenvalue weighted by molar-refractivity contribution is 5.28. The van der Waals surface area contributed by atoms with Gasteiger partial charge in [-0.25, -0.2) is 0 Å². The van der Waals surface area contributed by atoms with E-state index in [1.807, 2.05) is 6.07 Å². The minimum Gasteiger partial charge on any atom is -0.491 e. The van der Waals surface area contributed by atoms with Gasteiger partial charge in [0, 0.05) is 32.3 Å². The highest BCUT2D eigenvalue weighted by Gasteiger charge is 2.33. The van der Waals surface area contributed by atoms with E-state index in [1.165, 1.54) is 50.8 Å². The standard InChI is InChI=1S/C19H30N2O2/c1-22-12-13-23-17-7-5-6-16(14-17)15-21-11-9-18-19(21)8-3-2-4-10-20-18/h5-7,14,18-20H,2-4,8-13,15H2,1H3/t18-,19+/m0/s1. The van der Waals surface area contributed by atoms with Gasteiger partial charge in [-0.15, -0.1) is 0 Å². The smallest absolute Gasteiger partial charge is 0.119 e. The van der Waals surface area contributed by atoms with Crippen molar-refractivity contribution in [3.63, 3.8) is 0 Å². The quantitative estimate of drug-likeness (QED) is 0.818. The van der Waals surface area contributed by atoms with Crippen LogP contribution in [0.5, 0.6) is 5.75 Å². The molecule has 0 aliphatic carbocycles. The fourth-order valence-corrected chi connectivity index (χ4v) is 3.89. The van der Waals surface area contributed by atoms with Crippen LogP contribution in [0.15, 0.2) is 24.3 Å². The lowest BCUT2D eigenvalue weighted by atomic mass is 9.99. The summed E-state index contributed by atoms with van der Waals surface area (Å²) in [7, 11) is 1.70. The van der Waals surface area contributed by atoms with E-state index in [0.717, 1.165) is 12.3 Å². The molecule has 128 valence electrons. The van der Waals surface area contributed by atoms with Crippen molar-refractivity contribution >= 4 is 0 Å². The molecule has 1 aromatic rings. The summed E-state index contributed by atoms with van der Waals surface area (Å²) in [5.74, 6) is 0.950. The van der Waals surface area contributed by atoms with E-state index in [9.17, 15) is 0 Å². The van der Waals surface area contributed by atoms with Crippen molar-refractivity contribution in [1.29, 1.82) is 0 Å². The molecule has 3 rings (SSSR count). The van der Waals surface area contributed by atoms with Gasteiger partial charge in [-0.1, -0.05) is 25.0 Å². The van der Waals surface area contributed by atoms with Crippen LogP contribution >= 0.6 is 0 Å². The Balaban J connectivity index is 1.58. The molecule has 0 saturated carbocycles. The van der Waals surface area contributed by atoms with Crippen LogP contribution in [0.3, 0.4) is 0 Å². The molecule has 2 fully saturated rings. The van der Waals surface area contributed by atoms with Crippen molar-refractivity contribution in [1.82, 2.24) is 10.2 Å². The topological polar surface area (TPSA) is 33.7 Å². The predicted molar refractivity (Wildman–Crippen MR) is 92.9 cm³/mol. The zero-order valence-electron chi connectivity index (χ0n) is 14.3. The number of hydrogen-bond acceptors (Lipinski definition) is 4. The molecule has 2 heterocycles. The van der Waals surface area contributed by atoms with Gasteiger partial charge in [0.15, 0.2) is 0 Å². The van der Waals surface area contributed by atoms with Gasteiger partial charge >= 0.3 is 0 Å². The van der Waals surface area contributed by atoms with E-state index in [4.69, 9.17) is 9.47 Å².